The molecule has 4 amide bonds. The van der Waals surface area contributed by atoms with Crippen LogP contribution in [0.25, 0.3) is 10.4 Å². The van der Waals surface area contributed by atoms with Crippen molar-refractivity contribution in [3.8, 4) is 10.4 Å². The summed E-state index contributed by atoms with van der Waals surface area (Å²) in [5, 5.41) is 19.7. The van der Waals surface area contributed by atoms with Crippen LogP contribution in [-0.2, 0) is 19.2 Å². The van der Waals surface area contributed by atoms with Gasteiger partial charge < -0.3 is 30.9 Å². The highest BCUT2D eigenvalue weighted by atomic mass is 32.1. The number of carbonyl (C=O) groups is 4. The fourth-order valence-electron chi connectivity index (χ4n) is 6.24. The number of hydrogen-bond acceptors (Lipinski definition) is 8. The lowest BCUT2D eigenvalue weighted by atomic mass is 9.85. The molecule has 4 N–H and O–H groups in total. The zero-order valence-corrected chi connectivity index (χ0v) is 29.3. The van der Waals surface area contributed by atoms with E-state index >= 15 is 0 Å². The van der Waals surface area contributed by atoms with Crippen LogP contribution in [0.2, 0.25) is 0 Å². The second-order valence-electron chi connectivity index (χ2n) is 13.9. The van der Waals surface area contributed by atoms with Crippen LogP contribution < -0.4 is 16.0 Å². The molecule has 11 nitrogen and oxygen atoms in total. The van der Waals surface area contributed by atoms with Gasteiger partial charge in [-0.2, -0.15) is 0 Å². The number of aliphatic hydroxyl groups is 1. The fourth-order valence-corrected chi connectivity index (χ4v) is 7.05. The van der Waals surface area contributed by atoms with Crippen LogP contribution >= 0.6 is 11.3 Å². The van der Waals surface area contributed by atoms with Gasteiger partial charge in [0, 0.05) is 52.0 Å². The Hall–Kier alpha value is -3.35. The monoisotopic (exact) mass is 668 g/mol. The van der Waals surface area contributed by atoms with Gasteiger partial charge in [0.1, 0.15) is 12.1 Å². The predicted molar refractivity (Wildman–Crippen MR) is 184 cm³/mol. The summed E-state index contributed by atoms with van der Waals surface area (Å²) >= 11 is 1.58. The summed E-state index contributed by atoms with van der Waals surface area (Å²) in [7, 11) is 0. The molecular weight excluding hydrogens is 616 g/mol. The highest BCUT2D eigenvalue weighted by Gasteiger charge is 2.44. The number of nitrogens with one attached hydrogen (secondary N) is 3. The van der Waals surface area contributed by atoms with Crippen molar-refractivity contribution in [3.63, 3.8) is 0 Å². The Morgan fingerprint density at radius 1 is 1.02 bits per heavy atom. The van der Waals surface area contributed by atoms with Gasteiger partial charge in [-0.25, -0.2) is 4.98 Å². The number of thiazole rings is 1. The summed E-state index contributed by atoms with van der Waals surface area (Å²) in [5.74, 6) is -0.729. The molecule has 3 heterocycles. The van der Waals surface area contributed by atoms with Crippen molar-refractivity contribution >= 4 is 35.0 Å². The zero-order valence-electron chi connectivity index (χ0n) is 28.5. The van der Waals surface area contributed by atoms with Gasteiger partial charge in [-0.05, 0) is 43.2 Å². The quantitative estimate of drug-likeness (QED) is 0.239. The highest BCUT2D eigenvalue weighted by Crippen LogP contribution is 2.29. The molecule has 2 saturated heterocycles. The van der Waals surface area contributed by atoms with Crippen molar-refractivity contribution in [2.45, 2.75) is 104 Å². The van der Waals surface area contributed by atoms with Gasteiger partial charge in [-0.3, -0.25) is 19.2 Å². The van der Waals surface area contributed by atoms with Crippen molar-refractivity contribution in [2.24, 2.45) is 5.41 Å². The Morgan fingerprint density at radius 3 is 2.30 bits per heavy atom. The Bertz CT molecular complexity index is 1370. The van der Waals surface area contributed by atoms with Crippen LogP contribution in [0, 0.1) is 12.3 Å². The van der Waals surface area contributed by atoms with Crippen molar-refractivity contribution in [1.82, 2.24) is 30.7 Å². The molecule has 0 unspecified atom stereocenters. The van der Waals surface area contributed by atoms with Crippen LogP contribution in [0.1, 0.15) is 89.9 Å². The summed E-state index contributed by atoms with van der Waals surface area (Å²) in [4.78, 5) is 61.5. The SMILES string of the molecule is Cc1ncsc1-c1ccc([C@H](C)NC(=O)[C@@H]2C[C@@H](O)CN2C(=O)[C@@H](NC(=O)CCCCCCC(=O)N2CCNCC2)C(C)(C)C)cc1. The Kier molecular flexibility index (Phi) is 12.9. The molecule has 2 aliphatic heterocycles. The van der Waals surface area contributed by atoms with E-state index in [4.69, 9.17) is 0 Å². The number of aryl methyl sites for hydroxylation is 1. The van der Waals surface area contributed by atoms with Crippen molar-refractivity contribution in [2.75, 3.05) is 32.7 Å². The number of unbranched alkanes of at least 4 members (excludes halogenated alkanes) is 3. The van der Waals surface area contributed by atoms with E-state index < -0.39 is 23.6 Å². The minimum Gasteiger partial charge on any atom is -0.391 e. The maximum absolute atomic E-state index is 13.9. The molecule has 12 heteroatoms. The number of hydrogen-bond donors (Lipinski definition) is 4. The van der Waals surface area contributed by atoms with E-state index in [1.165, 1.54) is 4.90 Å². The maximum Gasteiger partial charge on any atom is 0.246 e. The third kappa shape index (κ3) is 10.1. The molecule has 47 heavy (non-hydrogen) atoms. The highest BCUT2D eigenvalue weighted by molar-refractivity contribution is 7.13. The minimum atomic E-state index is -0.854. The van der Waals surface area contributed by atoms with Crippen LogP contribution in [0.15, 0.2) is 29.8 Å². The second kappa shape index (κ2) is 16.7. The molecular formula is C35H52N6O5S. The molecule has 0 radical (unpaired) electrons. The first-order valence-corrected chi connectivity index (χ1v) is 17.8. The number of aliphatic hydroxyl groups excluding tert-OH is 1. The Balaban J connectivity index is 1.28. The largest absolute Gasteiger partial charge is 0.391 e. The number of amides is 4. The van der Waals surface area contributed by atoms with Crippen LogP contribution in [0.4, 0.5) is 0 Å². The molecule has 0 bridgehead atoms. The van der Waals surface area contributed by atoms with Gasteiger partial charge in [0.15, 0.2) is 0 Å². The smallest absolute Gasteiger partial charge is 0.246 e. The zero-order chi connectivity index (χ0) is 34.1. The van der Waals surface area contributed by atoms with Gasteiger partial charge in [-0.15, -0.1) is 11.3 Å². The maximum atomic E-state index is 13.9. The summed E-state index contributed by atoms with van der Waals surface area (Å²) < 4.78 is 0. The second-order valence-corrected chi connectivity index (χ2v) is 14.8. The third-order valence-electron chi connectivity index (χ3n) is 9.07. The molecule has 0 spiro atoms. The molecule has 258 valence electrons. The number of benzene rings is 1. The lowest BCUT2D eigenvalue weighted by Gasteiger charge is -2.35. The standard InChI is InChI=1S/C35H52N6O5S/c1-23(25-12-14-26(15-13-25)31-24(2)37-22-47-31)38-33(45)28-20-27(42)21-41(28)34(46)32(35(3,4)5)39-29(43)10-8-6-7-9-11-30(44)40-18-16-36-17-19-40/h12-15,22-23,27-28,32,36,42H,6-11,16-21H2,1-5H3,(H,38,45)(H,39,43)/t23-,27+,28-,32+/m0/s1. The van der Waals surface area contributed by atoms with Gasteiger partial charge in [0.05, 0.1) is 28.2 Å². The lowest BCUT2D eigenvalue weighted by Crippen LogP contribution is -2.57. The Morgan fingerprint density at radius 2 is 1.68 bits per heavy atom. The van der Waals surface area contributed by atoms with E-state index in [1.807, 2.05) is 69.3 Å². The number of rotatable bonds is 13. The topological polar surface area (TPSA) is 144 Å². The molecule has 4 atom stereocenters. The number of aromatic nitrogens is 1. The van der Waals surface area contributed by atoms with E-state index in [0.29, 0.717) is 12.8 Å². The Labute approximate surface area is 282 Å². The summed E-state index contributed by atoms with van der Waals surface area (Å²) in [6.07, 6.45) is 3.25. The molecule has 2 fully saturated rings. The van der Waals surface area contributed by atoms with E-state index in [-0.39, 0.29) is 49.1 Å². The molecule has 2 aromatic rings. The lowest BCUT2D eigenvalue weighted by molar-refractivity contribution is -0.144. The van der Waals surface area contributed by atoms with Crippen molar-refractivity contribution < 1.29 is 24.3 Å². The average molecular weight is 669 g/mol. The van der Waals surface area contributed by atoms with Crippen LogP contribution in [-0.4, -0.2) is 94.4 Å². The first-order chi connectivity index (χ1) is 22.3. The summed E-state index contributed by atoms with van der Waals surface area (Å²) in [6, 6.07) is 5.97. The van der Waals surface area contributed by atoms with Gasteiger partial charge in [0.2, 0.25) is 23.6 Å². The first kappa shape index (κ1) is 36.5. The van der Waals surface area contributed by atoms with Crippen molar-refractivity contribution in [1.29, 1.82) is 0 Å². The minimum absolute atomic E-state index is 0.0311. The van der Waals surface area contributed by atoms with E-state index in [0.717, 1.165) is 67.1 Å². The average Bonchev–Trinajstić information content (AvgIpc) is 3.66. The fraction of sp³-hybridized carbons (Fsp3) is 0.629. The van der Waals surface area contributed by atoms with Crippen molar-refractivity contribution in [3.05, 3.63) is 41.0 Å². The third-order valence-corrected chi connectivity index (χ3v) is 10.1. The van der Waals surface area contributed by atoms with Gasteiger partial charge in [0.25, 0.3) is 0 Å². The number of nitrogens with zero attached hydrogens (tertiary/aromatic N) is 3. The normalized spacial score (nSPS) is 19.7. The van der Waals surface area contributed by atoms with Crippen LogP contribution in [0.5, 0.6) is 0 Å². The first-order valence-electron chi connectivity index (χ1n) is 16.9. The number of piperazine rings is 1. The summed E-state index contributed by atoms with van der Waals surface area (Å²) in [5.41, 5.74) is 4.17. The molecule has 0 aliphatic carbocycles. The van der Waals surface area contributed by atoms with E-state index in [9.17, 15) is 24.3 Å². The van der Waals surface area contributed by atoms with Crippen LogP contribution in [0.3, 0.4) is 0 Å². The number of carbonyl (C=O) groups excluding carboxylic acids is 4. The predicted octanol–water partition coefficient (Wildman–Crippen LogP) is 3.56. The number of likely N-dealkylation sites (tertiary alicyclic amines) is 1. The van der Waals surface area contributed by atoms with E-state index in [2.05, 4.69) is 20.9 Å². The van der Waals surface area contributed by atoms with E-state index in [1.54, 1.807) is 11.3 Å². The molecule has 2 aliphatic rings. The molecule has 1 aromatic carbocycles. The molecule has 1 aromatic heterocycles. The van der Waals surface area contributed by atoms with Gasteiger partial charge >= 0.3 is 0 Å². The molecule has 4 rings (SSSR count). The van der Waals surface area contributed by atoms with Gasteiger partial charge in [-0.1, -0.05) is 57.9 Å². The number of β-amino-alcohol motifs (C(OH)–C–C–N with tert-alkyl or cyclic N) is 1. The summed E-state index contributed by atoms with van der Waals surface area (Å²) in [6.45, 7) is 12.7. The molecule has 0 saturated carbocycles.